The van der Waals surface area contributed by atoms with Crippen LogP contribution in [-0.2, 0) is 9.05 Å². The molecule has 7 heteroatoms. The SMILES string of the molecule is CCC(COc1cccc(Cl)c1F)CS(=O)(=O)Cl. The topological polar surface area (TPSA) is 43.4 Å². The predicted molar refractivity (Wildman–Crippen MR) is 70.3 cm³/mol. The summed E-state index contributed by atoms with van der Waals surface area (Å²) < 4.78 is 40.6. The number of ether oxygens (including phenoxy) is 1. The highest BCUT2D eigenvalue weighted by Crippen LogP contribution is 2.25. The molecule has 18 heavy (non-hydrogen) atoms. The average Bonchev–Trinajstić information content (AvgIpc) is 2.27. The lowest BCUT2D eigenvalue weighted by atomic mass is 10.1. The maximum atomic E-state index is 13.5. The lowest BCUT2D eigenvalue weighted by Crippen LogP contribution is -2.19. The summed E-state index contributed by atoms with van der Waals surface area (Å²) in [4.78, 5) is 0. The molecule has 3 nitrogen and oxygen atoms in total. The van der Waals surface area contributed by atoms with Crippen LogP contribution in [0.1, 0.15) is 13.3 Å². The van der Waals surface area contributed by atoms with Gasteiger partial charge in [0, 0.05) is 16.6 Å². The largest absolute Gasteiger partial charge is 0.490 e. The molecule has 1 aromatic carbocycles. The zero-order chi connectivity index (χ0) is 13.8. The molecule has 1 atom stereocenters. The van der Waals surface area contributed by atoms with Crippen molar-refractivity contribution < 1.29 is 17.5 Å². The summed E-state index contributed by atoms with van der Waals surface area (Å²) in [6.45, 7) is 1.88. The van der Waals surface area contributed by atoms with Crippen LogP contribution in [0.3, 0.4) is 0 Å². The van der Waals surface area contributed by atoms with Crippen molar-refractivity contribution in [3.8, 4) is 5.75 Å². The third kappa shape index (κ3) is 5.00. The summed E-state index contributed by atoms with van der Waals surface area (Å²) in [7, 11) is 1.58. The molecule has 0 amide bonds. The normalized spacial score (nSPS) is 13.3. The number of benzene rings is 1. The molecule has 1 rings (SSSR count). The monoisotopic (exact) mass is 314 g/mol. The highest BCUT2D eigenvalue weighted by atomic mass is 35.7. The minimum absolute atomic E-state index is 0.00733. The standard InChI is InChI=1S/C11H13Cl2FO3S/c1-2-8(7-18(13,15)16)6-17-10-5-3-4-9(12)11(10)14/h3-5,8H,2,6-7H2,1H3. The highest BCUT2D eigenvalue weighted by Gasteiger charge is 2.17. The van der Waals surface area contributed by atoms with E-state index in [1.807, 2.05) is 6.92 Å². The lowest BCUT2D eigenvalue weighted by Gasteiger charge is -2.14. The van der Waals surface area contributed by atoms with Crippen LogP contribution in [0.2, 0.25) is 5.02 Å². The van der Waals surface area contributed by atoms with E-state index in [0.717, 1.165) is 0 Å². The Labute approximate surface area is 115 Å². The Morgan fingerprint density at radius 3 is 2.67 bits per heavy atom. The van der Waals surface area contributed by atoms with Crippen LogP contribution in [0.4, 0.5) is 4.39 Å². The maximum Gasteiger partial charge on any atom is 0.232 e. The first-order valence-corrected chi connectivity index (χ1v) is 8.18. The molecule has 0 saturated heterocycles. The Balaban J connectivity index is 2.66. The molecule has 1 aromatic rings. The Bertz CT molecular complexity index is 505. The van der Waals surface area contributed by atoms with Crippen LogP contribution in [0.15, 0.2) is 18.2 Å². The molecule has 0 N–H and O–H groups in total. The third-order valence-corrected chi connectivity index (χ3v) is 3.94. The molecule has 0 aliphatic carbocycles. The Hall–Kier alpha value is -0.520. The van der Waals surface area contributed by atoms with Crippen LogP contribution < -0.4 is 4.74 Å². The van der Waals surface area contributed by atoms with Crippen molar-refractivity contribution in [1.29, 1.82) is 0 Å². The maximum absolute atomic E-state index is 13.5. The van der Waals surface area contributed by atoms with Gasteiger partial charge in [0.05, 0.1) is 17.4 Å². The fraction of sp³-hybridized carbons (Fsp3) is 0.455. The van der Waals surface area contributed by atoms with Crippen molar-refractivity contribution in [1.82, 2.24) is 0 Å². The Kier molecular flexibility index (Phi) is 5.69. The molecule has 102 valence electrons. The van der Waals surface area contributed by atoms with E-state index >= 15 is 0 Å². The van der Waals surface area contributed by atoms with E-state index in [2.05, 4.69) is 0 Å². The first kappa shape index (κ1) is 15.5. The summed E-state index contributed by atoms with van der Waals surface area (Å²) in [6.07, 6.45) is 0.564. The average molecular weight is 315 g/mol. The van der Waals surface area contributed by atoms with Gasteiger partial charge in [-0.25, -0.2) is 12.8 Å². The predicted octanol–water partition coefficient (Wildman–Crippen LogP) is 3.45. The molecule has 0 aliphatic heterocycles. The number of hydrogen-bond acceptors (Lipinski definition) is 3. The second-order valence-corrected chi connectivity index (χ2v) is 7.07. The second-order valence-electron chi connectivity index (χ2n) is 3.84. The van der Waals surface area contributed by atoms with E-state index < -0.39 is 14.9 Å². The van der Waals surface area contributed by atoms with Crippen LogP contribution in [0.5, 0.6) is 5.75 Å². The van der Waals surface area contributed by atoms with E-state index in [9.17, 15) is 12.8 Å². The molecule has 0 saturated carbocycles. The van der Waals surface area contributed by atoms with Gasteiger partial charge in [-0.1, -0.05) is 24.6 Å². The summed E-state index contributed by atoms with van der Waals surface area (Å²) in [5.74, 6) is -1.13. The third-order valence-electron chi connectivity index (χ3n) is 2.40. The molecule has 0 spiro atoms. The van der Waals surface area contributed by atoms with Crippen molar-refractivity contribution in [2.24, 2.45) is 5.92 Å². The van der Waals surface area contributed by atoms with Crippen molar-refractivity contribution in [2.45, 2.75) is 13.3 Å². The number of rotatable bonds is 6. The molecule has 0 aliphatic rings. The summed E-state index contributed by atoms with van der Waals surface area (Å²) in [5, 5.41) is -0.0366. The Morgan fingerprint density at radius 1 is 1.44 bits per heavy atom. The van der Waals surface area contributed by atoms with E-state index in [4.69, 9.17) is 27.0 Å². The second kappa shape index (κ2) is 6.59. The van der Waals surface area contributed by atoms with Crippen LogP contribution in [0, 0.1) is 11.7 Å². The van der Waals surface area contributed by atoms with Gasteiger partial charge in [0.2, 0.25) is 9.05 Å². The van der Waals surface area contributed by atoms with Gasteiger partial charge in [-0.2, -0.15) is 0 Å². The van der Waals surface area contributed by atoms with Gasteiger partial charge in [-0.15, -0.1) is 0 Å². The molecular weight excluding hydrogens is 302 g/mol. The molecule has 0 bridgehead atoms. The number of hydrogen-bond donors (Lipinski definition) is 0. The van der Waals surface area contributed by atoms with Crippen molar-refractivity contribution in [3.63, 3.8) is 0 Å². The zero-order valence-electron chi connectivity index (χ0n) is 9.70. The van der Waals surface area contributed by atoms with Gasteiger partial charge >= 0.3 is 0 Å². The minimum atomic E-state index is -3.59. The van der Waals surface area contributed by atoms with Gasteiger partial charge in [0.1, 0.15) is 0 Å². The van der Waals surface area contributed by atoms with E-state index in [-0.39, 0.29) is 29.0 Å². The first-order chi connectivity index (χ1) is 8.33. The van der Waals surface area contributed by atoms with Gasteiger partial charge in [-0.3, -0.25) is 0 Å². The van der Waals surface area contributed by atoms with E-state index in [0.29, 0.717) is 6.42 Å². The summed E-state index contributed by atoms with van der Waals surface area (Å²) in [6, 6.07) is 4.40. The van der Waals surface area contributed by atoms with Crippen molar-refractivity contribution >= 4 is 31.3 Å². The summed E-state index contributed by atoms with van der Waals surface area (Å²) >= 11 is 5.60. The van der Waals surface area contributed by atoms with Gasteiger partial charge in [0.15, 0.2) is 11.6 Å². The number of halogens is 3. The fourth-order valence-corrected chi connectivity index (χ4v) is 2.96. The molecular formula is C11H13Cl2FO3S. The highest BCUT2D eigenvalue weighted by molar-refractivity contribution is 8.13. The zero-order valence-corrected chi connectivity index (χ0v) is 12.0. The molecule has 0 heterocycles. The van der Waals surface area contributed by atoms with Crippen molar-refractivity contribution in [2.75, 3.05) is 12.4 Å². The Morgan fingerprint density at radius 2 is 2.11 bits per heavy atom. The van der Waals surface area contributed by atoms with Gasteiger partial charge in [-0.05, 0) is 18.6 Å². The first-order valence-electron chi connectivity index (χ1n) is 5.32. The summed E-state index contributed by atoms with van der Waals surface area (Å²) in [5.41, 5.74) is 0. The molecule has 0 fully saturated rings. The quantitative estimate of drug-likeness (QED) is 0.755. The minimum Gasteiger partial charge on any atom is -0.490 e. The van der Waals surface area contributed by atoms with Crippen LogP contribution in [-0.4, -0.2) is 20.8 Å². The van der Waals surface area contributed by atoms with E-state index in [1.54, 1.807) is 6.07 Å². The lowest BCUT2D eigenvalue weighted by molar-refractivity contribution is 0.247. The smallest absolute Gasteiger partial charge is 0.232 e. The molecule has 0 aromatic heterocycles. The fourth-order valence-electron chi connectivity index (χ4n) is 1.37. The van der Waals surface area contributed by atoms with E-state index in [1.165, 1.54) is 12.1 Å². The van der Waals surface area contributed by atoms with Crippen LogP contribution >= 0.6 is 22.3 Å². The molecule has 1 unspecified atom stereocenters. The van der Waals surface area contributed by atoms with Crippen molar-refractivity contribution in [3.05, 3.63) is 29.0 Å². The van der Waals surface area contributed by atoms with Crippen LogP contribution in [0.25, 0.3) is 0 Å². The molecule has 0 radical (unpaired) electrons. The van der Waals surface area contributed by atoms with Gasteiger partial charge in [0.25, 0.3) is 0 Å². The van der Waals surface area contributed by atoms with Gasteiger partial charge < -0.3 is 4.74 Å².